The van der Waals surface area contributed by atoms with Crippen LogP contribution in [0.15, 0.2) is 42.9 Å². The zero-order chi connectivity index (χ0) is 22.0. The van der Waals surface area contributed by atoms with E-state index >= 15 is 0 Å². The Morgan fingerprint density at radius 1 is 1.10 bits per heavy atom. The minimum absolute atomic E-state index is 0.0133. The Balaban J connectivity index is 1.72. The monoisotopic (exact) mass is 435 g/mol. The molecule has 160 valence electrons. The molecule has 1 aliphatic rings. The molecular formula is C23H25N5O2S. The second-order valence-electron chi connectivity index (χ2n) is 7.54. The lowest BCUT2D eigenvalue weighted by Crippen LogP contribution is -2.42. The Labute approximate surface area is 184 Å². The number of hydrogen-bond donors (Lipinski definition) is 1. The molecule has 31 heavy (non-hydrogen) atoms. The summed E-state index contributed by atoms with van der Waals surface area (Å²) < 4.78 is 11.6. The second-order valence-corrected chi connectivity index (χ2v) is 9.24. The molecule has 0 aliphatic carbocycles. The van der Waals surface area contributed by atoms with Crippen LogP contribution in [-0.2, 0) is 17.2 Å². The largest absolute Gasteiger partial charge is 0.384 e. The molecule has 2 N–H and O–H groups in total. The molecule has 2 aromatic heterocycles. The first kappa shape index (κ1) is 21.1. The van der Waals surface area contributed by atoms with Gasteiger partial charge in [-0.05, 0) is 43.2 Å². The van der Waals surface area contributed by atoms with Gasteiger partial charge in [-0.3, -0.25) is 9.00 Å². The van der Waals surface area contributed by atoms with Gasteiger partial charge in [0.15, 0.2) is 0 Å². The van der Waals surface area contributed by atoms with E-state index in [9.17, 15) is 9.00 Å². The lowest BCUT2D eigenvalue weighted by Gasteiger charge is -2.27. The summed E-state index contributed by atoms with van der Waals surface area (Å²) in [5.74, 6) is 1.53. The van der Waals surface area contributed by atoms with E-state index in [1.807, 2.05) is 31.2 Å². The van der Waals surface area contributed by atoms with Crippen LogP contribution < -0.4 is 5.73 Å². The molecular weight excluding hydrogens is 410 g/mol. The van der Waals surface area contributed by atoms with Crippen molar-refractivity contribution in [2.75, 3.05) is 30.3 Å². The lowest BCUT2D eigenvalue weighted by molar-refractivity contribution is 0.0770. The molecule has 0 bridgehead atoms. The van der Waals surface area contributed by atoms with Gasteiger partial charge in [0.2, 0.25) is 0 Å². The fourth-order valence-corrected chi connectivity index (χ4v) is 4.88. The molecule has 1 aliphatic heterocycles. The van der Waals surface area contributed by atoms with Gasteiger partial charge < -0.3 is 10.6 Å². The Hall–Kier alpha value is -3.13. The van der Waals surface area contributed by atoms with E-state index in [1.165, 1.54) is 0 Å². The number of amides is 1. The molecule has 3 heterocycles. The molecule has 1 fully saturated rings. The van der Waals surface area contributed by atoms with Crippen molar-refractivity contribution in [2.24, 2.45) is 0 Å². The van der Waals surface area contributed by atoms with E-state index in [1.54, 1.807) is 23.5 Å². The molecule has 4 rings (SSSR count). The van der Waals surface area contributed by atoms with E-state index < -0.39 is 10.8 Å². The molecule has 0 atom stereocenters. The topological polar surface area (TPSA) is 102 Å². The van der Waals surface area contributed by atoms with Crippen molar-refractivity contribution in [1.82, 2.24) is 19.9 Å². The molecule has 1 aromatic carbocycles. The van der Waals surface area contributed by atoms with Gasteiger partial charge in [-0.25, -0.2) is 15.0 Å². The van der Waals surface area contributed by atoms with E-state index in [0.717, 1.165) is 40.1 Å². The van der Waals surface area contributed by atoms with Crippen LogP contribution >= 0.6 is 0 Å². The third-order valence-electron chi connectivity index (χ3n) is 5.53. The predicted octanol–water partition coefficient (Wildman–Crippen LogP) is 2.86. The van der Waals surface area contributed by atoms with Gasteiger partial charge in [0.05, 0.1) is 11.4 Å². The molecule has 3 aromatic rings. The number of hydrogen-bond acceptors (Lipinski definition) is 6. The Morgan fingerprint density at radius 2 is 1.84 bits per heavy atom. The fraction of sp³-hybridized carbons (Fsp3) is 0.304. The molecule has 0 unspecified atom stereocenters. The number of benzene rings is 1. The highest BCUT2D eigenvalue weighted by molar-refractivity contribution is 7.85. The molecule has 0 saturated carbocycles. The number of carbonyl (C=O) groups excluding carboxylic acids is 1. The number of rotatable bonds is 4. The number of anilines is 1. The first-order valence-corrected chi connectivity index (χ1v) is 11.8. The SMILES string of the molecule is CCc1ncnc(-c2ccc(C(=O)N3CCS(=O)CC3)c(C)c2)c1-c1ccc(N)nc1. The molecule has 8 heteroatoms. The van der Waals surface area contributed by atoms with Gasteiger partial charge in [-0.15, -0.1) is 0 Å². The quantitative estimate of drug-likeness (QED) is 0.676. The summed E-state index contributed by atoms with van der Waals surface area (Å²) in [5.41, 5.74) is 11.8. The maximum atomic E-state index is 13.0. The van der Waals surface area contributed by atoms with Gasteiger partial charge in [0, 0.05) is 63.8 Å². The van der Waals surface area contributed by atoms with Crippen LogP contribution in [0.4, 0.5) is 5.82 Å². The van der Waals surface area contributed by atoms with Crippen LogP contribution in [0, 0.1) is 6.92 Å². The van der Waals surface area contributed by atoms with Crippen molar-refractivity contribution >= 4 is 22.5 Å². The normalized spacial score (nSPS) is 14.6. The van der Waals surface area contributed by atoms with Crippen LogP contribution in [-0.4, -0.2) is 54.6 Å². The Bertz CT molecular complexity index is 1140. The number of carbonyl (C=O) groups is 1. The van der Waals surface area contributed by atoms with Crippen molar-refractivity contribution in [3.63, 3.8) is 0 Å². The van der Waals surface area contributed by atoms with Crippen molar-refractivity contribution in [2.45, 2.75) is 20.3 Å². The minimum atomic E-state index is -0.815. The van der Waals surface area contributed by atoms with Gasteiger partial charge >= 0.3 is 0 Å². The smallest absolute Gasteiger partial charge is 0.254 e. The number of nitrogen functional groups attached to an aromatic ring is 1. The standard InChI is InChI=1S/C23H25N5O2S/c1-3-19-21(17-5-7-20(24)25-13-17)22(27-14-26-19)16-4-6-18(15(2)12-16)23(29)28-8-10-31(30)11-9-28/h4-7,12-14H,3,8-11H2,1-2H3,(H2,24,25). The third-order valence-corrected chi connectivity index (χ3v) is 6.81. The van der Waals surface area contributed by atoms with Gasteiger partial charge in [0.1, 0.15) is 12.1 Å². The minimum Gasteiger partial charge on any atom is -0.384 e. The van der Waals surface area contributed by atoms with E-state index in [4.69, 9.17) is 5.73 Å². The van der Waals surface area contributed by atoms with Crippen LogP contribution in [0.1, 0.15) is 28.5 Å². The van der Waals surface area contributed by atoms with Gasteiger partial charge in [0.25, 0.3) is 5.91 Å². The van der Waals surface area contributed by atoms with Crippen LogP contribution in [0.25, 0.3) is 22.4 Å². The highest BCUT2D eigenvalue weighted by Crippen LogP contribution is 2.33. The maximum absolute atomic E-state index is 13.0. The second kappa shape index (κ2) is 8.93. The van der Waals surface area contributed by atoms with Gasteiger partial charge in [-0.1, -0.05) is 13.0 Å². The molecule has 7 nitrogen and oxygen atoms in total. The summed E-state index contributed by atoms with van der Waals surface area (Å²) in [6.45, 7) is 5.06. The number of pyridine rings is 1. The first-order chi connectivity index (χ1) is 15.0. The molecule has 0 spiro atoms. The van der Waals surface area contributed by atoms with Crippen molar-refractivity contribution in [1.29, 1.82) is 0 Å². The van der Waals surface area contributed by atoms with Crippen molar-refractivity contribution in [3.8, 4) is 22.4 Å². The Kier molecular flexibility index (Phi) is 6.08. The van der Waals surface area contributed by atoms with Crippen LogP contribution in [0.5, 0.6) is 0 Å². The predicted molar refractivity (Wildman–Crippen MR) is 123 cm³/mol. The highest BCUT2D eigenvalue weighted by Gasteiger charge is 2.23. The average Bonchev–Trinajstić information content (AvgIpc) is 2.79. The average molecular weight is 436 g/mol. The van der Waals surface area contributed by atoms with E-state index in [0.29, 0.717) is 36.0 Å². The number of nitrogens with two attached hydrogens (primary N) is 1. The van der Waals surface area contributed by atoms with Crippen LogP contribution in [0.2, 0.25) is 0 Å². The zero-order valence-electron chi connectivity index (χ0n) is 17.7. The maximum Gasteiger partial charge on any atom is 0.254 e. The Morgan fingerprint density at radius 3 is 2.48 bits per heavy atom. The van der Waals surface area contributed by atoms with Crippen LogP contribution in [0.3, 0.4) is 0 Å². The molecule has 0 radical (unpaired) electrons. The molecule has 1 saturated heterocycles. The zero-order valence-corrected chi connectivity index (χ0v) is 18.5. The summed E-state index contributed by atoms with van der Waals surface area (Å²) in [5, 5.41) is 0. The highest BCUT2D eigenvalue weighted by atomic mass is 32.2. The fourth-order valence-electron chi connectivity index (χ4n) is 3.83. The van der Waals surface area contributed by atoms with Crippen molar-refractivity contribution in [3.05, 3.63) is 59.7 Å². The first-order valence-electron chi connectivity index (χ1n) is 10.3. The van der Waals surface area contributed by atoms with E-state index in [-0.39, 0.29) is 5.91 Å². The van der Waals surface area contributed by atoms with Gasteiger partial charge in [-0.2, -0.15) is 0 Å². The summed E-state index contributed by atoms with van der Waals surface area (Å²) in [6.07, 6.45) is 4.06. The number of aromatic nitrogens is 3. The number of nitrogens with zero attached hydrogens (tertiary/aromatic N) is 4. The van der Waals surface area contributed by atoms with Crippen molar-refractivity contribution < 1.29 is 9.00 Å². The summed E-state index contributed by atoms with van der Waals surface area (Å²) in [4.78, 5) is 28.0. The third kappa shape index (κ3) is 4.34. The summed E-state index contributed by atoms with van der Waals surface area (Å²) in [7, 11) is -0.815. The summed E-state index contributed by atoms with van der Waals surface area (Å²) in [6, 6.07) is 9.47. The lowest BCUT2D eigenvalue weighted by atomic mass is 9.95. The number of aryl methyl sites for hydroxylation is 2. The summed E-state index contributed by atoms with van der Waals surface area (Å²) >= 11 is 0. The van der Waals surface area contributed by atoms with E-state index in [2.05, 4.69) is 21.9 Å². The molecule has 1 amide bonds.